The van der Waals surface area contributed by atoms with E-state index in [2.05, 4.69) is 46.8 Å². The Morgan fingerprint density at radius 1 is 1.29 bits per heavy atom. The molecule has 0 bridgehead atoms. The molecule has 0 radical (unpaired) electrons. The number of aryl methyl sites for hydroxylation is 1. The number of pyridine rings is 1. The molecule has 1 amide bonds. The van der Waals surface area contributed by atoms with Gasteiger partial charge >= 0.3 is 0 Å². The van der Waals surface area contributed by atoms with Crippen LogP contribution in [0.3, 0.4) is 0 Å². The van der Waals surface area contributed by atoms with Gasteiger partial charge in [-0.3, -0.25) is 9.78 Å². The molecule has 1 fully saturated rings. The topological polar surface area (TPSA) is 54.0 Å². The molecule has 24 heavy (non-hydrogen) atoms. The van der Waals surface area contributed by atoms with Gasteiger partial charge in [0.15, 0.2) is 0 Å². The van der Waals surface area contributed by atoms with E-state index in [9.17, 15) is 4.79 Å². The van der Waals surface area contributed by atoms with Crippen molar-refractivity contribution in [3.8, 4) is 0 Å². The van der Waals surface area contributed by atoms with Crippen molar-refractivity contribution in [2.45, 2.75) is 32.2 Å². The zero-order valence-electron chi connectivity index (χ0n) is 14.2. The molecule has 1 aromatic carbocycles. The highest BCUT2D eigenvalue weighted by Crippen LogP contribution is 2.19. The Balaban J connectivity index is 1.74. The van der Waals surface area contributed by atoms with Gasteiger partial charge in [0, 0.05) is 12.7 Å². The molecule has 4 heteroatoms. The number of piperidine rings is 1. The van der Waals surface area contributed by atoms with Crippen molar-refractivity contribution >= 4 is 5.91 Å². The normalized spacial score (nSPS) is 18.8. The summed E-state index contributed by atoms with van der Waals surface area (Å²) >= 11 is 0. The molecule has 1 aliphatic heterocycles. The third-order valence-corrected chi connectivity index (χ3v) is 4.59. The van der Waals surface area contributed by atoms with E-state index in [0.29, 0.717) is 0 Å². The summed E-state index contributed by atoms with van der Waals surface area (Å²) in [5.41, 5.74) is 3.36. The molecule has 0 saturated carbocycles. The van der Waals surface area contributed by atoms with Crippen molar-refractivity contribution in [3.63, 3.8) is 0 Å². The lowest BCUT2D eigenvalue weighted by atomic mass is 9.96. The minimum Gasteiger partial charge on any atom is -0.347 e. The summed E-state index contributed by atoms with van der Waals surface area (Å²) in [5, 5.41) is 6.53. The Bertz CT molecular complexity index is 648. The lowest BCUT2D eigenvalue weighted by Gasteiger charge is -2.25. The van der Waals surface area contributed by atoms with Crippen LogP contribution in [0.15, 0.2) is 48.7 Å². The predicted octanol–water partition coefficient (Wildman–Crippen LogP) is 2.79. The molecule has 1 aliphatic rings. The van der Waals surface area contributed by atoms with Gasteiger partial charge in [0.2, 0.25) is 5.91 Å². The molecule has 2 N–H and O–H groups in total. The van der Waals surface area contributed by atoms with Crippen molar-refractivity contribution in [1.82, 2.24) is 15.6 Å². The van der Waals surface area contributed by atoms with Crippen LogP contribution < -0.4 is 10.6 Å². The summed E-state index contributed by atoms with van der Waals surface area (Å²) in [7, 11) is 0. The average Bonchev–Trinajstić information content (AvgIpc) is 2.64. The molecule has 126 valence electrons. The first-order valence-electron chi connectivity index (χ1n) is 8.70. The summed E-state index contributed by atoms with van der Waals surface area (Å²) in [6, 6.07) is 14.2. The lowest BCUT2D eigenvalue weighted by molar-refractivity contribution is -0.126. The van der Waals surface area contributed by atoms with Crippen molar-refractivity contribution in [1.29, 1.82) is 0 Å². The summed E-state index contributed by atoms with van der Waals surface area (Å²) in [5.74, 6) is 0.188. The van der Waals surface area contributed by atoms with Gasteiger partial charge in [-0.15, -0.1) is 0 Å². The average molecular weight is 323 g/mol. The molecule has 2 heterocycles. The van der Waals surface area contributed by atoms with Gasteiger partial charge in [-0.2, -0.15) is 0 Å². The summed E-state index contributed by atoms with van der Waals surface area (Å²) in [4.78, 5) is 17.1. The van der Waals surface area contributed by atoms with Crippen LogP contribution in [-0.2, 0) is 11.2 Å². The van der Waals surface area contributed by atoms with E-state index >= 15 is 0 Å². The monoisotopic (exact) mass is 323 g/mol. The number of benzene rings is 1. The lowest BCUT2D eigenvalue weighted by Crippen LogP contribution is -2.42. The Morgan fingerprint density at radius 2 is 2.12 bits per heavy atom. The van der Waals surface area contributed by atoms with Crippen molar-refractivity contribution in [2.75, 3.05) is 13.1 Å². The Morgan fingerprint density at radius 3 is 2.79 bits per heavy atom. The fourth-order valence-electron chi connectivity index (χ4n) is 3.14. The zero-order valence-corrected chi connectivity index (χ0v) is 14.2. The number of aromatic nitrogens is 1. The minimum absolute atomic E-state index is 0.0583. The maximum Gasteiger partial charge on any atom is 0.224 e. The molecule has 4 nitrogen and oxygen atoms in total. The highest BCUT2D eigenvalue weighted by molar-refractivity contribution is 5.79. The molecular formula is C20H25N3O. The van der Waals surface area contributed by atoms with E-state index in [4.69, 9.17) is 0 Å². The van der Waals surface area contributed by atoms with Crippen LogP contribution in [-0.4, -0.2) is 24.0 Å². The van der Waals surface area contributed by atoms with Gasteiger partial charge in [0.1, 0.15) is 0 Å². The van der Waals surface area contributed by atoms with Crippen LogP contribution >= 0.6 is 0 Å². The number of amides is 1. The number of nitrogens with one attached hydrogen (secondary N) is 2. The second kappa shape index (κ2) is 8.06. The van der Waals surface area contributed by atoms with E-state index in [-0.39, 0.29) is 17.9 Å². The minimum atomic E-state index is -0.0941. The fraction of sp³-hybridized carbons (Fsp3) is 0.400. The van der Waals surface area contributed by atoms with Gasteiger partial charge < -0.3 is 10.6 Å². The molecule has 0 aliphatic carbocycles. The first kappa shape index (κ1) is 16.7. The molecule has 0 spiro atoms. The maximum atomic E-state index is 12.6. The fourth-order valence-corrected chi connectivity index (χ4v) is 3.14. The molecule has 2 atom stereocenters. The summed E-state index contributed by atoms with van der Waals surface area (Å²) < 4.78 is 0. The number of hydrogen-bond acceptors (Lipinski definition) is 3. The first-order valence-corrected chi connectivity index (χ1v) is 8.70. The van der Waals surface area contributed by atoms with E-state index in [1.165, 1.54) is 11.1 Å². The Kier molecular flexibility index (Phi) is 5.59. The summed E-state index contributed by atoms with van der Waals surface area (Å²) in [6.45, 7) is 3.86. The van der Waals surface area contributed by atoms with E-state index < -0.39 is 0 Å². The molecule has 1 saturated heterocycles. The van der Waals surface area contributed by atoms with Gasteiger partial charge in [0.25, 0.3) is 0 Å². The van der Waals surface area contributed by atoms with Crippen molar-refractivity contribution < 1.29 is 4.79 Å². The third kappa shape index (κ3) is 4.42. The molecular weight excluding hydrogens is 298 g/mol. The smallest absolute Gasteiger partial charge is 0.224 e. The van der Waals surface area contributed by atoms with Crippen molar-refractivity contribution in [2.24, 2.45) is 5.92 Å². The van der Waals surface area contributed by atoms with Crippen LogP contribution in [0.2, 0.25) is 0 Å². The third-order valence-electron chi connectivity index (χ3n) is 4.59. The zero-order chi connectivity index (χ0) is 16.8. The number of carbonyl (C=O) groups is 1. The van der Waals surface area contributed by atoms with Crippen molar-refractivity contribution in [3.05, 3.63) is 65.5 Å². The SMILES string of the molecule is Cc1ccc(CC(NC(=O)C2CCCNC2)c2ccccn2)cc1. The van der Waals surface area contributed by atoms with Crippen LogP contribution in [0.25, 0.3) is 0 Å². The van der Waals surface area contributed by atoms with Gasteiger partial charge in [-0.1, -0.05) is 35.9 Å². The number of rotatable bonds is 5. The van der Waals surface area contributed by atoms with Crippen LogP contribution in [0.5, 0.6) is 0 Å². The number of carbonyl (C=O) groups excluding carboxylic acids is 1. The van der Waals surface area contributed by atoms with E-state index in [0.717, 1.165) is 38.0 Å². The second-order valence-electron chi connectivity index (χ2n) is 6.55. The first-order chi connectivity index (χ1) is 11.7. The van der Waals surface area contributed by atoms with Crippen LogP contribution in [0, 0.1) is 12.8 Å². The van der Waals surface area contributed by atoms with Gasteiger partial charge in [0.05, 0.1) is 17.7 Å². The van der Waals surface area contributed by atoms with Gasteiger partial charge in [-0.25, -0.2) is 0 Å². The molecule has 2 unspecified atom stereocenters. The van der Waals surface area contributed by atoms with Gasteiger partial charge in [-0.05, 0) is 50.4 Å². The van der Waals surface area contributed by atoms with Crippen LogP contribution in [0.1, 0.15) is 35.7 Å². The predicted molar refractivity (Wildman–Crippen MR) is 95.6 cm³/mol. The highest BCUT2D eigenvalue weighted by Gasteiger charge is 2.24. The maximum absolute atomic E-state index is 12.6. The Labute approximate surface area is 143 Å². The summed E-state index contributed by atoms with van der Waals surface area (Å²) in [6.07, 6.45) is 4.55. The van der Waals surface area contributed by atoms with E-state index in [1.54, 1.807) is 6.20 Å². The van der Waals surface area contributed by atoms with E-state index in [1.807, 2.05) is 18.2 Å². The quantitative estimate of drug-likeness (QED) is 0.889. The van der Waals surface area contributed by atoms with Crippen LogP contribution in [0.4, 0.5) is 0 Å². The standard InChI is InChI=1S/C20H25N3O/c1-15-7-9-16(10-8-15)13-19(18-6-2-3-12-22-18)23-20(24)17-5-4-11-21-14-17/h2-3,6-10,12,17,19,21H,4-5,11,13-14H2,1H3,(H,23,24). The molecule has 3 rings (SSSR count). The highest BCUT2D eigenvalue weighted by atomic mass is 16.2. The largest absolute Gasteiger partial charge is 0.347 e. The second-order valence-corrected chi connectivity index (χ2v) is 6.55. The molecule has 1 aromatic heterocycles. The molecule has 2 aromatic rings. The Hall–Kier alpha value is -2.20. The number of nitrogens with zero attached hydrogens (tertiary/aromatic N) is 1. The number of hydrogen-bond donors (Lipinski definition) is 2.